The number of aryl methyl sites for hydroxylation is 1. The molecular formula is C14H15ClF3N3. The molecule has 0 saturated heterocycles. The van der Waals surface area contributed by atoms with Crippen LogP contribution in [-0.4, -0.2) is 9.55 Å². The van der Waals surface area contributed by atoms with Crippen molar-refractivity contribution in [2.45, 2.75) is 32.6 Å². The highest BCUT2D eigenvalue weighted by molar-refractivity contribution is 6.30. The highest BCUT2D eigenvalue weighted by atomic mass is 35.5. The third-order valence-electron chi connectivity index (χ3n) is 2.94. The Morgan fingerprint density at radius 3 is 2.71 bits per heavy atom. The van der Waals surface area contributed by atoms with Gasteiger partial charge in [0.2, 0.25) is 0 Å². The van der Waals surface area contributed by atoms with Gasteiger partial charge in [-0.3, -0.25) is 0 Å². The topological polar surface area (TPSA) is 29.9 Å². The highest BCUT2D eigenvalue weighted by Crippen LogP contribution is 2.33. The molecule has 0 atom stereocenters. The summed E-state index contributed by atoms with van der Waals surface area (Å²) in [6.07, 6.45) is 0.0617. The number of anilines is 1. The first-order valence-corrected chi connectivity index (χ1v) is 6.89. The van der Waals surface area contributed by atoms with Gasteiger partial charge in [0, 0.05) is 29.6 Å². The minimum Gasteiger partial charge on any atom is -0.378 e. The van der Waals surface area contributed by atoms with Crippen LogP contribution >= 0.6 is 11.6 Å². The zero-order valence-electron chi connectivity index (χ0n) is 11.4. The quantitative estimate of drug-likeness (QED) is 0.875. The number of nitrogens with one attached hydrogen (secondary N) is 1. The molecule has 1 heterocycles. The molecule has 0 saturated carbocycles. The number of benzene rings is 1. The van der Waals surface area contributed by atoms with Crippen molar-refractivity contribution in [1.82, 2.24) is 9.55 Å². The first-order valence-electron chi connectivity index (χ1n) is 6.52. The molecule has 0 aliphatic heterocycles. The van der Waals surface area contributed by atoms with Gasteiger partial charge in [-0.05, 0) is 24.6 Å². The van der Waals surface area contributed by atoms with Crippen LogP contribution < -0.4 is 5.32 Å². The van der Waals surface area contributed by atoms with Gasteiger partial charge in [-0.2, -0.15) is 13.2 Å². The highest BCUT2D eigenvalue weighted by Gasteiger charge is 2.31. The van der Waals surface area contributed by atoms with Crippen LogP contribution in [-0.2, 0) is 19.3 Å². The van der Waals surface area contributed by atoms with Crippen molar-refractivity contribution in [3.63, 3.8) is 0 Å². The molecule has 0 amide bonds. The van der Waals surface area contributed by atoms with E-state index in [-0.39, 0.29) is 5.02 Å². The maximum absolute atomic E-state index is 12.7. The van der Waals surface area contributed by atoms with Crippen LogP contribution in [0, 0.1) is 0 Å². The first kappa shape index (κ1) is 15.7. The summed E-state index contributed by atoms with van der Waals surface area (Å²) in [6.45, 7) is 3.20. The Balaban J connectivity index is 2.13. The largest absolute Gasteiger partial charge is 0.416 e. The van der Waals surface area contributed by atoms with Crippen LogP contribution in [0.3, 0.4) is 0 Å². The Hall–Kier alpha value is -1.69. The van der Waals surface area contributed by atoms with E-state index in [0.29, 0.717) is 12.2 Å². The lowest BCUT2D eigenvalue weighted by Gasteiger charge is -2.12. The minimum absolute atomic E-state index is 0.0456. The van der Waals surface area contributed by atoms with Crippen molar-refractivity contribution in [3.05, 3.63) is 47.0 Å². The van der Waals surface area contributed by atoms with Crippen LogP contribution in [0.25, 0.3) is 0 Å². The molecule has 0 unspecified atom stereocenters. The van der Waals surface area contributed by atoms with Crippen molar-refractivity contribution < 1.29 is 13.2 Å². The van der Waals surface area contributed by atoms with Crippen LogP contribution in [0.15, 0.2) is 30.6 Å². The molecular weight excluding hydrogens is 303 g/mol. The molecule has 114 valence electrons. The number of halogens is 4. The molecule has 0 spiro atoms. The molecule has 7 heteroatoms. The molecule has 3 nitrogen and oxygen atoms in total. The lowest BCUT2D eigenvalue weighted by molar-refractivity contribution is -0.137. The number of imidazole rings is 1. The molecule has 1 N–H and O–H groups in total. The maximum Gasteiger partial charge on any atom is 0.416 e. The third kappa shape index (κ3) is 4.14. The Labute approximate surface area is 125 Å². The Morgan fingerprint density at radius 2 is 2.05 bits per heavy atom. The minimum atomic E-state index is -4.41. The molecule has 0 aliphatic carbocycles. The van der Waals surface area contributed by atoms with Gasteiger partial charge >= 0.3 is 6.18 Å². The monoisotopic (exact) mass is 317 g/mol. The number of aromatic nitrogens is 2. The SMILES string of the molecule is CCCn1ccnc1CNc1cc(Cl)cc(C(F)(F)F)c1. The molecule has 2 aromatic rings. The van der Waals surface area contributed by atoms with Gasteiger partial charge in [0.05, 0.1) is 12.1 Å². The van der Waals surface area contributed by atoms with E-state index in [2.05, 4.69) is 10.3 Å². The summed E-state index contributed by atoms with van der Waals surface area (Å²) in [5.41, 5.74) is -0.449. The Bertz CT molecular complexity index is 608. The molecule has 2 rings (SSSR count). The van der Waals surface area contributed by atoms with Gasteiger partial charge in [0.25, 0.3) is 0 Å². The van der Waals surface area contributed by atoms with Gasteiger partial charge in [0.1, 0.15) is 5.82 Å². The number of hydrogen-bond donors (Lipinski definition) is 1. The molecule has 0 radical (unpaired) electrons. The second-order valence-corrected chi connectivity index (χ2v) is 5.05. The third-order valence-corrected chi connectivity index (χ3v) is 3.16. The van der Waals surface area contributed by atoms with E-state index in [1.165, 1.54) is 6.07 Å². The van der Waals surface area contributed by atoms with E-state index in [9.17, 15) is 13.2 Å². The summed E-state index contributed by atoms with van der Waals surface area (Å²) in [7, 11) is 0. The number of rotatable bonds is 5. The lowest BCUT2D eigenvalue weighted by Crippen LogP contribution is -2.10. The van der Waals surface area contributed by atoms with E-state index in [1.54, 1.807) is 6.20 Å². The maximum atomic E-state index is 12.7. The summed E-state index contributed by atoms with van der Waals surface area (Å²) in [5, 5.41) is 2.98. The average molecular weight is 318 g/mol. The standard InChI is InChI=1S/C14H15ClF3N3/c1-2-4-21-5-3-19-13(21)9-20-12-7-10(14(16,17)18)6-11(15)8-12/h3,5-8,20H,2,4,9H2,1H3. The predicted molar refractivity (Wildman–Crippen MR) is 76.3 cm³/mol. The van der Waals surface area contributed by atoms with Crippen molar-refractivity contribution in [2.75, 3.05) is 5.32 Å². The van der Waals surface area contributed by atoms with Crippen molar-refractivity contribution in [3.8, 4) is 0 Å². The summed E-state index contributed by atoms with van der Waals surface area (Å²) in [6, 6.07) is 3.41. The van der Waals surface area contributed by atoms with E-state index >= 15 is 0 Å². The number of nitrogens with zero attached hydrogens (tertiary/aromatic N) is 2. The van der Waals surface area contributed by atoms with E-state index in [4.69, 9.17) is 11.6 Å². The average Bonchev–Trinajstić information content (AvgIpc) is 2.83. The van der Waals surface area contributed by atoms with Crippen LogP contribution in [0.2, 0.25) is 5.02 Å². The fourth-order valence-electron chi connectivity index (χ4n) is 1.99. The zero-order valence-corrected chi connectivity index (χ0v) is 12.2. The molecule has 0 fully saturated rings. The van der Waals surface area contributed by atoms with Crippen LogP contribution in [0.5, 0.6) is 0 Å². The van der Waals surface area contributed by atoms with E-state index < -0.39 is 11.7 Å². The van der Waals surface area contributed by atoms with Crippen molar-refractivity contribution >= 4 is 17.3 Å². The normalized spacial score (nSPS) is 11.7. The van der Waals surface area contributed by atoms with Gasteiger partial charge in [-0.15, -0.1) is 0 Å². The van der Waals surface area contributed by atoms with Gasteiger partial charge in [-0.1, -0.05) is 18.5 Å². The van der Waals surface area contributed by atoms with Gasteiger partial charge in [-0.25, -0.2) is 4.98 Å². The zero-order chi connectivity index (χ0) is 15.5. The second-order valence-electron chi connectivity index (χ2n) is 4.62. The Morgan fingerprint density at radius 1 is 1.29 bits per heavy atom. The van der Waals surface area contributed by atoms with Gasteiger partial charge in [0.15, 0.2) is 0 Å². The van der Waals surface area contributed by atoms with E-state index in [0.717, 1.165) is 30.9 Å². The summed E-state index contributed by atoms with van der Waals surface area (Å²) < 4.78 is 40.1. The summed E-state index contributed by atoms with van der Waals surface area (Å²) in [4.78, 5) is 4.19. The van der Waals surface area contributed by atoms with E-state index in [1.807, 2.05) is 17.7 Å². The van der Waals surface area contributed by atoms with Gasteiger partial charge < -0.3 is 9.88 Å². The fourth-order valence-corrected chi connectivity index (χ4v) is 2.22. The molecule has 1 aromatic heterocycles. The smallest absolute Gasteiger partial charge is 0.378 e. The van der Waals surface area contributed by atoms with Crippen LogP contribution in [0.1, 0.15) is 24.7 Å². The van der Waals surface area contributed by atoms with Crippen LogP contribution in [0.4, 0.5) is 18.9 Å². The molecule has 0 aliphatic rings. The second kappa shape index (κ2) is 6.39. The molecule has 0 bridgehead atoms. The van der Waals surface area contributed by atoms with Crippen molar-refractivity contribution in [1.29, 1.82) is 0 Å². The summed E-state index contributed by atoms with van der Waals surface area (Å²) >= 11 is 5.74. The number of hydrogen-bond acceptors (Lipinski definition) is 2. The van der Waals surface area contributed by atoms with Crippen molar-refractivity contribution in [2.24, 2.45) is 0 Å². The number of alkyl halides is 3. The molecule has 21 heavy (non-hydrogen) atoms. The first-order chi connectivity index (χ1) is 9.90. The summed E-state index contributed by atoms with van der Waals surface area (Å²) in [5.74, 6) is 0.769. The lowest BCUT2D eigenvalue weighted by atomic mass is 10.2. The molecule has 1 aromatic carbocycles. The predicted octanol–water partition coefficient (Wildman–Crippen LogP) is 4.58. The Kier molecular flexibility index (Phi) is 4.77. The fraction of sp³-hybridized carbons (Fsp3) is 0.357.